The number of carbonyl (C=O) groups is 2. The van der Waals surface area contributed by atoms with Crippen molar-refractivity contribution in [2.24, 2.45) is 0 Å². The van der Waals surface area contributed by atoms with Crippen molar-refractivity contribution in [1.29, 1.82) is 0 Å². The second-order valence-corrected chi connectivity index (χ2v) is 4.81. The molecule has 5 nitrogen and oxygen atoms in total. The van der Waals surface area contributed by atoms with E-state index in [9.17, 15) is 19.8 Å². The van der Waals surface area contributed by atoms with Crippen LogP contribution in [0.1, 0.15) is 33.2 Å². The fourth-order valence-corrected chi connectivity index (χ4v) is 2.04. The Morgan fingerprint density at radius 3 is 2.22 bits per heavy atom. The first-order valence-electron chi connectivity index (χ1n) is 5.66. The van der Waals surface area contributed by atoms with Crippen LogP contribution in [0.3, 0.4) is 0 Å². The molecule has 0 atom stereocenters. The zero-order chi connectivity index (χ0) is 13.5. The molecule has 0 saturated carbocycles. The molecule has 2 rings (SSSR count). The summed E-state index contributed by atoms with van der Waals surface area (Å²) in [5.41, 5.74) is 0.250. The number of amides is 2. The van der Waals surface area contributed by atoms with Crippen molar-refractivity contribution in [3.8, 4) is 0 Å². The van der Waals surface area contributed by atoms with Crippen molar-refractivity contribution in [2.45, 2.75) is 19.4 Å². The summed E-state index contributed by atoms with van der Waals surface area (Å²) in [5.74, 6) is -0.940. The Labute approximate surface area is 105 Å². The first-order chi connectivity index (χ1) is 8.44. The number of aliphatic hydroxyl groups excluding tert-OH is 2. The summed E-state index contributed by atoms with van der Waals surface area (Å²) in [7, 11) is 0. The van der Waals surface area contributed by atoms with Crippen LogP contribution in [0.2, 0.25) is 0 Å². The van der Waals surface area contributed by atoms with Gasteiger partial charge in [0.25, 0.3) is 11.8 Å². The van der Waals surface area contributed by atoms with E-state index in [1.807, 2.05) is 6.92 Å². The predicted molar refractivity (Wildman–Crippen MR) is 64.3 cm³/mol. The maximum Gasteiger partial charge on any atom is 0.262 e. The highest BCUT2D eigenvalue weighted by Crippen LogP contribution is 2.29. The van der Waals surface area contributed by atoms with Gasteiger partial charge in [-0.3, -0.25) is 14.5 Å². The summed E-state index contributed by atoms with van der Waals surface area (Å²) < 4.78 is 0. The van der Waals surface area contributed by atoms with Gasteiger partial charge < -0.3 is 10.2 Å². The summed E-state index contributed by atoms with van der Waals surface area (Å²) in [5, 5.41) is 18.6. The summed E-state index contributed by atoms with van der Waals surface area (Å²) in [4.78, 5) is 25.3. The van der Waals surface area contributed by atoms with Crippen LogP contribution in [0.25, 0.3) is 0 Å². The molecule has 2 N–H and O–H groups in total. The van der Waals surface area contributed by atoms with Gasteiger partial charge in [0.05, 0.1) is 29.9 Å². The Bertz CT molecular complexity index is 520. The van der Waals surface area contributed by atoms with Crippen LogP contribution in [-0.4, -0.2) is 45.7 Å². The molecule has 0 aliphatic carbocycles. The third-order valence-corrected chi connectivity index (χ3v) is 3.26. The van der Waals surface area contributed by atoms with E-state index in [4.69, 9.17) is 0 Å². The maximum atomic E-state index is 12.2. The van der Waals surface area contributed by atoms with Crippen LogP contribution >= 0.6 is 0 Å². The van der Waals surface area contributed by atoms with E-state index < -0.39 is 30.6 Å². The number of hydrogen-bond donors (Lipinski definition) is 2. The second-order valence-electron chi connectivity index (χ2n) is 4.81. The quantitative estimate of drug-likeness (QED) is 0.757. The molecule has 0 bridgehead atoms. The number of fused-ring (bicyclic) bond motifs is 1. The maximum absolute atomic E-state index is 12.2. The number of carbonyl (C=O) groups excluding carboxylic acids is 2. The van der Waals surface area contributed by atoms with Gasteiger partial charge in [0.1, 0.15) is 0 Å². The van der Waals surface area contributed by atoms with Gasteiger partial charge in [0.15, 0.2) is 0 Å². The monoisotopic (exact) mass is 249 g/mol. The van der Waals surface area contributed by atoms with Crippen molar-refractivity contribution >= 4 is 11.8 Å². The molecule has 0 unspecified atom stereocenters. The molecule has 0 spiro atoms. The Morgan fingerprint density at radius 1 is 1.11 bits per heavy atom. The zero-order valence-electron chi connectivity index (χ0n) is 10.3. The van der Waals surface area contributed by atoms with Gasteiger partial charge in [-0.05, 0) is 26.0 Å². The normalized spacial score (nSPS) is 15.2. The molecule has 18 heavy (non-hydrogen) atoms. The smallest absolute Gasteiger partial charge is 0.262 e. The van der Waals surface area contributed by atoms with Crippen LogP contribution in [0.5, 0.6) is 0 Å². The topological polar surface area (TPSA) is 77.8 Å². The number of hydrogen-bond acceptors (Lipinski definition) is 4. The van der Waals surface area contributed by atoms with E-state index in [0.717, 1.165) is 10.5 Å². The molecule has 0 radical (unpaired) electrons. The molecule has 1 aromatic rings. The van der Waals surface area contributed by atoms with Crippen molar-refractivity contribution in [1.82, 2.24) is 4.90 Å². The molecule has 1 aliphatic rings. The first-order valence-corrected chi connectivity index (χ1v) is 5.66. The van der Waals surface area contributed by atoms with Crippen molar-refractivity contribution < 1.29 is 19.8 Å². The highest BCUT2D eigenvalue weighted by molar-refractivity contribution is 6.22. The summed E-state index contributed by atoms with van der Waals surface area (Å²) in [6.45, 7) is 2.35. The average Bonchev–Trinajstić information content (AvgIpc) is 2.61. The summed E-state index contributed by atoms with van der Waals surface area (Å²) in [6, 6.07) is 4.99. The summed E-state index contributed by atoms with van der Waals surface area (Å²) in [6.07, 6.45) is 0. The second kappa shape index (κ2) is 4.19. The van der Waals surface area contributed by atoms with Crippen LogP contribution in [0.4, 0.5) is 0 Å². The SMILES string of the molecule is Cc1ccc2c(c1)C(=O)N(C(C)(CO)CO)C2=O. The van der Waals surface area contributed by atoms with Crippen molar-refractivity contribution in [3.63, 3.8) is 0 Å². The number of aliphatic hydroxyl groups is 2. The number of imide groups is 1. The Morgan fingerprint density at radius 2 is 1.67 bits per heavy atom. The standard InChI is InChI=1S/C13H15NO4/c1-8-3-4-9-10(5-8)12(18)14(11(9)17)13(2,6-15)7-16/h3-5,15-16H,6-7H2,1-2H3. The van der Waals surface area contributed by atoms with Crippen LogP contribution < -0.4 is 0 Å². The van der Waals surface area contributed by atoms with Crippen molar-refractivity contribution in [3.05, 3.63) is 34.9 Å². The van der Waals surface area contributed by atoms with Gasteiger partial charge in [-0.2, -0.15) is 0 Å². The molecular weight excluding hydrogens is 234 g/mol. The molecule has 0 fully saturated rings. The molecule has 1 heterocycles. The van der Waals surface area contributed by atoms with E-state index in [2.05, 4.69) is 0 Å². The Hall–Kier alpha value is -1.72. The lowest BCUT2D eigenvalue weighted by Crippen LogP contribution is -2.54. The molecule has 1 aliphatic heterocycles. The van der Waals surface area contributed by atoms with Gasteiger partial charge in [0, 0.05) is 0 Å². The lowest BCUT2D eigenvalue weighted by molar-refractivity contribution is 0.00988. The fraction of sp³-hybridized carbons (Fsp3) is 0.385. The molecule has 1 aromatic carbocycles. The third kappa shape index (κ3) is 1.63. The highest BCUT2D eigenvalue weighted by atomic mass is 16.3. The predicted octanol–water partition coefficient (Wildman–Crippen LogP) is 0.334. The average molecular weight is 249 g/mol. The molecule has 0 saturated heterocycles. The van der Waals surface area contributed by atoms with Gasteiger partial charge in [0.2, 0.25) is 0 Å². The highest BCUT2D eigenvalue weighted by Gasteiger charge is 2.45. The van der Waals surface area contributed by atoms with Crippen molar-refractivity contribution in [2.75, 3.05) is 13.2 Å². The number of nitrogens with zero attached hydrogens (tertiary/aromatic N) is 1. The molecule has 2 amide bonds. The van der Waals surface area contributed by atoms with Crippen LogP contribution in [0.15, 0.2) is 18.2 Å². The number of aryl methyl sites for hydroxylation is 1. The van der Waals surface area contributed by atoms with Gasteiger partial charge >= 0.3 is 0 Å². The van der Waals surface area contributed by atoms with Gasteiger partial charge in [-0.15, -0.1) is 0 Å². The van der Waals surface area contributed by atoms with Crippen LogP contribution in [0, 0.1) is 6.92 Å². The molecule has 0 aromatic heterocycles. The largest absolute Gasteiger partial charge is 0.394 e. The lowest BCUT2D eigenvalue weighted by atomic mass is 10.0. The third-order valence-electron chi connectivity index (χ3n) is 3.26. The molecular formula is C13H15NO4. The Balaban J connectivity index is 2.52. The fourth-order valence-electron chi connectivity index (χ4n) is 2.04. The van der Waals surface area contributed by atoms with E-state index in [0.29, 0.717) is 11.1 Å². The molecule has 96 valence electrons. The van der Waals surface area contributed by atoms with E-state index in [-0.39, 0.29) is 0 Å². The first kappa shape index (κ1) is 12.7. The minimum absolute atomic E-state index is 0.318. The van der Waals surface area contributed by atoms with E-state index >= 15 is 0 Å². The van der Waals surface area contributed by atoms with Gasteiger partial charge in [-0.1, -0.05) is 11.6 Å². The minimum Gasteiger partial charge on any atom is -0.394 e. The van der Waals surface area contributed by atoms with Gasteiger partial charge in [-0.25, -0.2) is 0 Å². The van der Waals surface area contributed by atoms with E-state index in [1.165, 1.54) is 6.92 Å². The number of benzene rings is 1. The van der Waals surface area contributed by atoms with E-state index in [1.54, 1.807) is 18.2 Å². The zero-order valence-corrected chi connectivity index (χ0v) is 10.3. The number of rotatable bonds is 3. The Kier molecular flexibility index (Phi) is 2.96. The van der Waals surface area contributed by atoms with Crippen LogP contribution in [-0.2, 0) is 0 Å². The lowest BCUT2D eigenvalue weighted by Gasteiger charge is -2.33. The molecule has 5 heteroatoms. The minimum atomic E-state index is -1.28. The summed E-state index contributed by atoms with van der Waals surface area (Å²) >= 11 is 0.